The number of carbonyl (C=O) groups is 2. The molecular formula is C13H15N3O3. The molecule has 1 saturated heterocycles. The van der Waals surface area contributed by atoms with Crippen molar-refractivity contribution in [1.29, 1.82) is 0 Å². The van der Waals surface area contributed by atoms with Gasteiger partial charge in [-0.15, -0.1) is 0 Å². The van der Waals surface area contributed by atoms with Crippen LogP contribution in [0.3, 0.4) is 0 Å². The fourth-order valence-electron chi connectivity index (χ4n) is 2.43. The topological polar surface area (TPSA) is 79.5 Å². The van der Waals surface area contributed by atoms with E-state index in [-0.39, 0.29) is 18.4 Å². The van der Waals surface area contributed by atoms with Gasteiger partial charge in [0.1, 0.15) is 12.6 Å². The van der Waals surface area contributed by atoms with Crippen LogP contribution in [0, 0.1) is 0 Å². The molecule has 0 aromatic heterocycles. The van der Waals surface area contributed by atoms with E-state index in [9.17, 15) is 9.59 Å². The van der Waals surface area contributed by atoms with Crippen LogP contribution in [0.25, 0.3) is 0 Å². The van der Waals surface area contributed by atoms with Crippen molar-refractivity contribution in [3.8, 4) is 0 Å². The minimum Gasteiger partial charge on any atom is -0.338 e. The first kappa shape index (κ1) is 12.1. The molecule has 19 heavy (non-hydrogen) atoms. The van der Waals surface area contributed by atoms with E-state index < -0.39 is 6.04 Å². The maximum atomic E-state index is 12.3. The van der Waals surface area contributed by atoms with E-state index in [1.54, 1.807) is 6.07 Å². The fraction of sp³-hybridized carbons (Fsp3) is 0.385. The van der Waals surface area contributed by atoms with E-state index in [0.29, 0.717) is 5.56 Å². The summed E-state index contributed by atoms with van der Waals surface area (Å²) in [7, 11) is 0. The number of carbonyl (C=O) groups excluding carboxylic acids is 2. The van der Waals surface area contributed by atoms with E-state index in [1.807, 2.05) is 12.1 Å². The molecule has 2 heterocycles. The van der Waals surface area contributed by atoms with Crippen LogP contribution in [0.1, 0.15) is 21.5 Å². The number of hydrogen-bond donors (Lipinski definition) is 3. The zero-order valence-corrected chi connectivity index (χ0v) is 10.4. The van der Waals surface area contributed by atoms with Gasteiger partial charge in [0.2, 0.25) is 0 Å². The lowest BCUT2D eigenvalue weighted by molar-refractivity contribution is -0.125. The number of hydrogen-bond acceptors (Lipinski definition) is 4. The van der Waals surface area contributed by atoms with Crippen molar-refractivity contribution in [2.24, 2.45) is 0 Å². The van der Waals surface area contributed by atoms with Gasteiger partial charge in [0.25, 0.3) is 11.8 Å². The van der Waals surface area contributed by atoms with Crippen LogP contribution < -0.4 is 16.1 Å². The average Bonchev–Trinajstić information content (AvgIpc) is 2.83. The Balaban J connectivity index is 1.81. The van der Waals surface area contributed by atoms with Crippen molar-refractivity contribution in [3.63, 3.8) is 0 Å². The van der Waals surface area contributed by atoms with Crippen molar-refractivity contribution < 1.29 is 14.4 Å². The molecule has 0 unspecified atom stereocenters. The van der Waals surface area contributed by atoms with Gasteiger partial charge in [0.15, 0.2) is 0 Å². The molecule has 100 valence electrons. The first-order valence-electron chi connectivity index (χ1n) is 6.29. The molecule has 3 rings (SSSR count). The quantitative estimate of drug-likeness (QED) is 0.670. The van der Waals surface area contributed by atoms with E-state index in [1.165, 1.54) is 0 Å². The predicted octanol–water partition coefficient (Wildman–Crippen LogP) is -0.508. The second-order valence-electron chi connectivity index (χ2n) is 4.67. The standard InChI is InChI=1S/C13H15N3O3/c17-12(15-11-7-19-16-13(11)18)10-3-1-2-8-6-14-5-4-9(8)10/h1-3,11,14H,4-7H2,(H,15,17)(H,16,18)/t11-/m1/s1. The highest BCUT2D eigenvalue weighted by molar-refractivity contribution is 5.99. The normalized spacial score (nSPS) is 21.7. The third-order valence-electron chi connectivity index (χ3n) is 3.43. The van der Waals surface area contributed by atoms with Crippen molar-refractivity contribution in [1.82, 2.24) is 16.1 Å². The highest BCUT2D eigenvalue weighted by Crippen LogP contribution is 2.18. The Kier molecular flexibility index (Phi) is 3.18. The highest BCUT2D eigenvalue weighted by atomic mass is 16.7. The van der Waals surface area contributed by atoms with Gasteiger partial charge in [-0.05, 0) is 30.2 Å². The Morgan fingerprint density at radius 2 is 2.32 bits per heavy atom. The smallest absolute Gasteiger partial charge is 0.268 e. The molecule has 3 N–H and O–H groups in total. The summed E-state index contributed by atoms with van der Waals surface area (Å²) in [6.45, 7) is 1.81. The molecule has 2 amide bonds. The molecular weight excluding hydrogens is 246 g/mol. The second kappa shape index (κ2) is 4.99. The van der Waals surface area contributed by atoms with Gasteiger partial charge in [-0.3, -0.25) is 14.4 Å². The van der Waals surface area contributed by atoms with Gasteiger partial charge < -0.3 is 10.6 Å². The molecule has 6 heteroatoms. The number of hydroxylamine groups is 1. The van der Waals surface area contributed by atoms with Gasteiger partial charge in [-0.1, -0.05) is 12.1 Å². The van der Waals surface area contributed by atoms with E-state index in [0.717, 1.165) is 30.6 Å². The van der Waals surface area contributed by atoms with E-state index in [4.69, 9.17) is 4.84 Å². The molecule has 0 radical (unpaired) electrons. The molecule has 0 bridgehead atoms. The molecule has 0 saturated carbocycles. The summed E-state index contributed by atoms with van der Waals surface area (Å²) in [6.07, 6.45) is 0.826. The Morgan fingerprint density at radius 3 is 3.11 bits per heavy atom. The summed E-state index contributed by atoms with van der Waals surface area (Å²) in [6, 6.07) is 5.08. The van der Waals surface area contributed by atoms with Crippen LogP contribution in [0.15, 0.2) is 18.2 Å². The average molecular weight is 261 g/mol. The van der Waals surface area contributed by atoms with Crippen molar-refractivity contribution in [2.75, 3.05) is 13.2 Å². The van der Waals surface area contributed by atoms with Gasteiger partial charge in [0, 0.05) is 12.1 Å². The van der Waals surface area contributed by atoms with Crippen LogP contribution in [0.5, 0.6) is 0 Å². The molecule has 1 aromatic carbocycles. The summed E-state index contributed by atoms with van der Waals surface area (Å²) < 4.78 is 0. The molecule has 2 aliphatic rings. The zero-order valence-electron chi connectivity index (χ0n) is 10.4. The molecule has 0 aliphatic carbocycles. The maximum Gasteiger partial charge on any atom is 0.268 e. The number of amides is 2. The largest absolute Gasteiger partial charge is 0.338 e. The lowest BCUT2D eigenvalue weighted by atomic mass is 9.95. The van der Waals surface area contributed by atoms with Crippen LogP contribution in [-0.2, 0) is 22.6 Å². The molecule has 0 spiro atoms. The lowest BCUT2D eigenvalue weighted by Gasteiger charge is -2.20. The fourth-order valence-corrected chi connectivity index (χ4v) is 2.43. The number of fused-ring (bicyclic) bond motifs is 1. The summed E-state index contributed by atoms with van der Waals surface area (Å²) in [5, 5.41) is 5.97. The van der Waals surface area contributed by atoms with Crippen molar-refractivity contribution in [2.45, 2.75) is 19.0 Å². The molecule has 2 aliphatic heterocycles. The van der Waals surface area contributed by atoms with Crippen LogP contribution in [0.4, 0.5) is 0 Å². The predicted molar refractivity (Wildman–Crippen MR) is 67.2 cm³/mol. The van der Waals surface area contributed by atoms with Gasteiger partial charge in [0.05, 0.1) is 0 Å². The highest BCUT2D eigenvalue weighted by Gasteiger charge is 2.28. The van der Waals surface area contributed by atoms with Crippen molar-refractivity contribution >= 4 is 11.8 Å². The SMILES string of the molecule is O=C(N[C@@H]1CONC1=O)c1cccc2c1CCNC2. The minimum absolute atomic E-state index is 0.168. The number of rotatable bonds is 2. The van der Waals surface area contributed by atoms with Crippen LogP contribution >= 0.6 is 0 Å². The van der Waals surface area contributed by atoms with Gasteiger partial charge in [-0.25, -0.2) is 5.48 Å². The Hall–Kier alpha value is -1.92. The van der Waals surface area contributed by atoms with E-state index >= 15 is 0 Å². The number of nitrogens with one attached hydrogen (secondary N) is 3. The third-order valence-corrected chi connectivity index (χ3v) is 3.43. The molecule has 1 atom stereocenters. The summed E-state index contributed by atoms with van der Waals surface area (Å²) in [4.78, 5) is 28.4. The summed E-state index contributed by atoms with van der Waals surface area (Å²) >= 11 is 0. The number of benzene rings is 1. The Bertz CT molecular complexity index is 530. The van der Waals surface area contributed by atoms with Gasteiger partial charge >= 0.3 is 0 Å². The monoisotopic (exact) mass is 261 g/mol. The zero-order chi connectivity index (χ0) is 13.2. The third kappa shape index (κ3) is 2.32. The van der Waals surface area contributed by atoms with Gasteiger partial charge in [-0.2, -0.15) is 0 Å². The Morgan fingerprint density at radius 1 is 1.42 bits per heavy atom. The molecule has 1 fully saturated rings. The summed E-state index contributed by atoms with van der Waals surface area (Å²) in [5.74, 6) is -0.524. The molecule has 6 nitrogen and oxygen atoms in total. The second-order valence-corrected chi connectivity index (χ2v) is 4.67. The Labute approximate surface area is 110 Å². The lowest BCUT2D eigenvalue weighted by Crippen LogP contribution is -2.42. The molecule has 1 aromatic rings. The minimum atomic E-state index is -0.606. The maximum absolute atomic E-state index is 12.3. The van der Waals surface area contributed by atoms with Crippen LogP contribution in [-0.4, -0.2) is 31.0 Å². The first-order chi connectivity index (χ1) is 9.25. The first-order valence-corrected chi connectivity index (χ1v) is 6.29. The van der Waals surface area contributed by atoms with Crippen LogP contribution in [0.2, 0.25) is 0 Å². The van der Waals surface area contributed by atoms with E-state index in [2.05, 4.69) is 16.1 Å². The van der Waals surface area contributed by atoms with Crippen molar-refractivity contribution in [3.05, 3.63) is 34.9 Å². The summed E-state index contributed by atoms with van der Waals surface area (Å²) in [5.41, 5.74) is 5.09.